The van der Waals surface area contributed by atoms with E-state index in [4.69, 9.17) is 0 Å². The highest BCUT2D eigenvalue weighted by atomic mass is 15.3. The number of aryl methyl sites for hydroxylation is 2. The van der Waals surface area contributed by atoms with Gasteiger partial charge in [0.05, 0.1) is 5.69 Å². The largest absolute Gasteiger partial charge is 0.312 e. The first-order chi connectivity index (χ1) is 8.45. The summed E-state index contributed by atoms with van der Waals surface area (Å²) in [6.45, 7) is 13.4. The molecule has 1 rings (SSSR count). The predicted molar refractivity (Wildman–Crippen MR) is 77.5 cm³/mol. The van der Waals surface area contributed by atoms with Gasteiger partial charge in [0, 0.05) is 25.4 Å². The van der Waals surface area contributed by atoms with Gasteiger partial charge in [-0.05, 0) is 30.7 Å². The van der Waals surface area contributed by atoms with E-state index in [0.717, 1.165) is 37.3 Å². The summed E-state index contributed by atoms with van der Waals surface area (Å²) < 4.78 is 1.91. The molecule has 0 spiro atoms. The molecule has 0 unspecified atom stereocenters. The second kappa shape index (κ2) is 6.93. The smallest absolute Gasteiger partial charge is 0.0666 e. The maximum atomic E-state index is 4.47. The van der Waals surface area contributed by atoms with Crippen molar-refractivity contribution in [3.63, 3.8) is 0 Å². The number of rotatable bonds is 7. The predicted octanol–water partition coefficient (Wildman–Crippen LogP) is 3.00. The molecule has 0 saturated heterocycles. The Morgan fingerprint density at radius 1 is 1.22 bits per heavy atom. The molecule has 0 aliphatic heterocycles. The summed E-state index contributed by atoms with van der Waals surface area (Å²) in [6.07, 6.45) is 3.14. The third kappa shape index (κ3) is 4.13. The highest BCUT2D eigenvalue weighted by molar-refractivity contribution is 5.16. The molecule has 104 valence electrons. The van der Waals surface area contributed by atoms with Crippen LogP contribution in [0.15, 0.2) is 6.20 Å². The van der Waals surface area contributed by atoms with E-state index in [2.05, 4.69) is 51.2 Å². The van der Waals surface area contributed by atoms with Crippen LogP contribution in [0.2, 0.25) is 0 Å². The second-order valence-electron chi connectivity index (χ2n) is 5.91. The summed E-state index contributed by atoms with van der Waals surface area (Å²) in [7, 11) is 1.99. The Morgan fingerprint density at radius 2 is 1.83 bits per heavy atom. The fourth-order valence-corrected chi connectivity index (χ4v) is 2.64. The fraction of sp³-hybridized carbons (Fsp3) is 0.800. The van der Waals surface area contributed by atoms with Gasteiger partial charge < -0.3 is 5.32 Å². The SMILES string of the molecule is CCc1nn(C)cc1CNCC(C(C)C)C(C)C. The summed E-state index contributed by atoms with van der Waals surface area (Å²) in [4.78, 5) is 0. The zero-order valence-electron chi connectivity index (χ0n) is 12.8. The van der Waals surface area contributed by atoms with Crippen molar-refractivity contribution in [3.8, 4) is 0 Å². The first kappa shape index (κ1) is 15.2. The minimum Gasteiger partial charge on any atom is -0.312 e. The molecule has 0 fully saturated rings. The Kier molecular flexibility index (Phi) is 5.86. The summed E-state index contributed by atoms with van der Waals surface area (Å²) in [5.41, 5.74) is 2.56. The van der Waals surface area contributed by atoms with E-state index in [-0.39, 0.29) is 0 Å². The molecular formula is C15H29N3. The molecule has 0 aliphatic carbocycles. The van der Waals surface area contributed by atoms with Gasteiger partial charge in [0.1, 0.15) is 0 Å². The highest BCUT2D eigenvalue weighted by Crippen LogP contribution is 2.19. The summed E-state index contributed by atoms with van der Waals surface area (Å²) in [5, 5.41) is 8.07. The van der Waals surface area contributed by atoms with Crippen LogP contribution in [0.4, 0.5) is 0 Å². The monoisotopic (exact) mass is 251 g/mol. The second-order valence-corrected chi connectivity index (χ2v) is 5.91. The van der Waals surface area contributed by atoms with Crippen molar-refractivity contribution in [2.24, 2.45) is 24.8 Å². The minimum atomic E-state index is 0.733. The van der Waals surface area contributed by atoms with Crippen LogP contribution < -0.4 is 5.32 Å². The van der Waals surface area contributed by atoms with Crippen LogP contribution in [-0.4, -0.2) is 16.3 Å². The maximum absolute atomic E-state index is 4.47. The summed E-state index contributed by atoms with van der Waals surface area (Å²) in [6, 6.07) is 0. The van der Waals surface area contributed by atoms with E-state index >= 15 is 0 Å². The molecule has 1 N–H and O–H groups in total. The topological polar surface area (TPSA) is 29.9 Å². The fourth-order valence-electron chi connectivity index (χ4n) is 2.64. The zero-order chi connectivity index (χ0) is 13.7. The Morgan fingerprint density at radius 3 is 2.33 bits per heavy atom. The minimum absolute atomic E-state index is 0.733. The van der Waals surface area contributed by atoms with Gasteiger partial charge in [-0.1, -0.05) is 34.6 Å². The van der Waals surface area contributed by atoms with Crippen molar-refractivity contribution in [1.29, 1.82) is 0 Å². The molecule has 0 amide bonds. The van der Waals surface area contributed by atoms with Gasteiger partial charge in [-0.2, -0.15) is 5.10 Å². The Labute approximate surface area is 112 Å². The quantitative estimate of drug-likeness (QED) is 0.807. The van der Waals surface area contributed by atoms with Gasteiger partial charge in [-0.25, -0.2) is 0 Å². The summed E-state index contributed by atoms with van der Waals surface area (Å²) in [5.74, 6) is 2.21. The molecule has 3 heteroatoms. The molecule has 0 saturated carbocycles. The van der Waals surface area contributed by atoms with Crippen molar-refractivity contribution in [1.82, 2.24) is 15.1 Å². The lowest BCUT2D eigenvalue weighted by atomic mass is 9.85. The van der Waals surface area contributed by atoms with Gasteiger partial charge in [0.2, 0.25) is 0 Å². The third-order valence-electron chi connectivity index (χ3n) is 3.73. The third-order valence-corrected chi connectivity index (χ3v) is 3.73. The molecule has 1 aromatic rings. The Hall–Kier alpha value is -0.830. The molecule has 0 radical (unpaired) electrons. The van der Waals surface area contributed by atoms with E-state index in [1.54, 1.807) is 0 Å². The van der Waals surface area contributed by atoms with Gasteiger partial charge in [0.25, 0.3) is 0 Å². The average molecular weight is 251 g/mol. The lowest BCUT2D eigenvalue weighted by Gasteiger charge is -2.25. The molecular weight excluding hydrogens is 222 g/mol. The van der Waals surface area contributed by atoms with E-state index < -0.39 is 0 Å². The molecule has 0 bridgehead atoms. The first-order valence-corrected chi connectivity index (χ1v) is 7.17. The average Bonchev–Trinajstić information content (AvgIpc) is 2.64. The Balaban J connectivity index is 2.49. The number of nitrogens with zero attached hydrogens (tertiary/aromatic N) is 2. The molecule has 0 atom stereocenters. The van der Waals surface area contributed by atoms with Gasteiger partial charge in [-0.3, -0.25) is 4.68 Å². The lowest BCUT2D eigenvalue weighted by molar-refractivity contribution is 0.275. The first-order valence-electron chi connectivity index (χ1n) is 7.17. The van der Waals surface area contributed by atoms with Crippen LogP contribution in [0.3, 0.4) is 0 Å². The number of nitrogens with one attached hydrogen (secondary N) is 1. The Bertz CT molecular complexity index is 345. The van der Waals surface area contributed by atoms with Crippen LogP contribution in [0.1, 0.15) is 45.9 Å². The van der Waals surface area contributed by atoms with E-state index in [1.807, 2.05) is 11.7 Å². The standard InChI is InChI=1S/C15H29N3/c1-7-15-13(10-18(6)17-15)8-16-9-14(11(2)3)12(4)5/h10-12,14,16H,7-9H2,1-6H3. The molecule has 0 aliphatic rings. The van der Waals surface area contributed by atoms with Gasteiger partial charge >= 0.3 is 0 Å². The van der Waals surface area contributed by atoms with Crippen LogP contribution >= 0.6 is 0 Å². The normalized spacial score (nSPS) is 12.1. The van der Waals surface area contributed by atoms with E-state index in [9.17, 15) is 0 Å². The van der Waals surface area contributed by atoms with Gasteiger partial charge in [-0.15, -0.1) is 0 Å². The highest BCUT2D eigenvalue weighted by Gasteiger charge is 2.17. The number of aromatic nitrogens is 2. The van der Waals surface area contributed by atoms with Crippen molar-refractivity contribution >= 4 is 0 Å². The van der Waals surface area contributed by atoms with E-state index in [1.165, 1.54) is 11.3 Å². The number of hydrogen-bond acceptors (Lipinski definition) is 2. The van der Waals surface area contributed by atoms with Crippen LogP contribution in [0.5, 0.6) is 0 Å². The lowest BCUT2D eigenvalue weighted by Crippen LogP contribution is -2.29. The zero-order valence-corrected chi connectivity index (χ0v) is 12.8. The van der Waals surface area contributed by atoms with Crippen molar-refractivity contribution in [2.75, 3.05) is 6.54 Å². The van der Waals surface area contributed by atoms with Crippen molar-refractivity contribution in [3.05, 3.63) is 17.5 Å². The van der Waals surface area contributed by atoms with Crippen molar-refractivity contribution < 1.29 is 0 Å². The molecule has 3 nitrogen and oxygen atoms in total. The summed E-state index contributed by atoms with van der Waals surface area (Å²) >= 11 is 0. The van der Waals surface area contributed by atoms with E-state index in [0.29, 0.717) is 0 Å². The molecule has 18 heavy (non-hydrogen) atoms. The van der Waals surface area contributed by atoms with Gasteiger partial charge in [0.15, 0.2) is 0 Å². The molecule has 1 aromatic heterocycles. The maximum Gasteiger partial charge on any atom is 0.0666 e. The van der Waals surface area contributed by atoms with Crippen LogP contribution in [-0.2, 0) is 20.0 Å². The van der Waals surface area contributed by atoms with Crippen LogP contribution in [0, 0.1) is 17.8 Å². The molecule has 0 aromatic carbocycles. The van der Waals surface area contributed by atoms with Crippen LogP contribution in [0.25, 0.3) is 0 Å². The van der Waals surface area contributed by atoms with Crippen molar-refractivity contribution in [2.45, 2.75) is 47.6 Å². The molecule has 1 heterocycles. The number of hydrogen-bond donors (Lipinski definition) is 1.